The molecule has 2 aromatic carbocycles. The normalized spacial score (nSPS) is 11.6. The first-order valence-electron chi connectivity index (χ1n) is 7.41. The van der Waals surface area contributed by atoms with E-state index >= 15 is 0 Å². The van der Waals surface area contributed by atoms with Gasteiger partial charge in [-0.1, -0.05) is 60.7 Å². The molecule has 2 aromatic rings. The minimum Gasteiger partial charge on any atom is -0.375 e. The lowest BCUT2D eigenvalue weighted by atomic mass is 10.00. The van der Waals surface area contributed by atoms with Gasteiger partial charge in [0.2, 0.25) is 0 Å². The van der Waals surface area contributed by atoms with E-state index in [1.54, 1.807) is 7.05 Å². The lowest BCUT2D eigenvalue weighted by molar-refractivity contribution is 0.976. The van der Waals surface area contributed by atoms with Gasteiger partial charge in [0.15, 0.2) is 10.2 Å². The fourth-order valence-corrected chi connectivity index (χ4v) is 2.07. The van der Waals surface area contributed by atoms with Crippen LogP contribution in [0.2, 0.25) is 0 Å². The highest BCUT2D eigenvalue weighted by molar-refractivity contribution is 7.80. The molecule has 0 aromatic heterocycles. The highest BCUT2D eigenvalue weighted by Gasteiger charge is 2.15. The number of rotatable bonds is 5. The molecule has 25 heavy (non-hydrogen) atoms. The molecule has 0 bridgehead atoms. The van der Waals surface area contributed by atoms with E-state index in [0.717, 1.165) is 11.1 Å². The second-order valence-electron chi connectivity index (χ2n) is 4.82. The molecule has 0 heterocycles. The van der Waals surface area contributed by atoms with Crippen molar-refractivity contribution in [2.75, 3.05) is 7.05 Å². The Morgan fingerprint density at radius 1 is 0.800 bits per heavy atom. The highest BCUT2D eigenvalue weighted by atomic mass is 32.1. The Balaban J connectivity index is 2.54. The number of hydrogen-bond acceptors (Lipinski definition) is 4. The van der Waals surface area contributed by atoms with E-state index in [4.69, 9.17) is 30.2 Å². The molecule has 0 saturated heterocycles. The third-order valence-corrected chi connectivity index (χ3v) is 3.48. The van der Waals surface area contributed by atoms with Gasteiger partial charge in [0, 0.05) is 18.2 Å². The smallest absolute Gasteiger partial charge is 0.186 e. The summed E-state index contributed by atoms with van der Waals surface area (Å²) in [6, 6.07) is 19.2. The molecule has 6 nitrogen and oxygen atoms in total. The summed E-state index contributed by atoms with van der Waals surface area (Å²) in [6.45, 7) is 0. The van der Waals surface area contributed by atoms with Gasteiger partial charge in [0.25, 0.3) is 0 Å². The molecule has 0 saturated carbocycles. The van der Waals surface area contributed by atoms with Crippen LogP contribution in [0.25, 0.3) is 0 Å². The van der Waals surface area contributed by atoms with Crippen LogP contribution in [0, 0.1) is 0 Å². The van der Waals surface area contributed by atoms with Gasteiger partial charge in [-0.3, -0.25) is 10.9 Å². The van der Waals surface area contributed by atoms with E-state index in [1.165, 1.54) is 0 Å². The van der Waals surface area contributed by atoms with Crippen LogP contribution < -0.4 is 21.9 Å². The van der Waals surface area contributed by atoms with Crippen LogP contribution in [-0.4, -0.2) is 28.7 Å². The van der Waals surface area contributed by atoms with Crippen LogP contribution in [0.4, 0.5) is 0 Å². The summed E-state index contributed by atoms with van der Waals surface area (Å²) in [5.74, 6) is 0. The number of nitrogens with two attached hydrogens (primary N) is 1. The molecule has 5 N–H and O–H groups in total. The van der Waals surface area contributed by atoms with Gasteiger partial charge in [0.1, 0.15) is 11.4 Å². The largest absolute Gasteiger partial charge is 0.375 e. The van der Waals surface area contributed by atoms with E-state index in [-0.39, 0.29) is 5.11 Å². The van der Waals surface area contributed by atoms with Crippen LogP contribution in [0.5, 0.6) is 0 Å². The van der Waals surface area contributed by atoms with Crippen molar-refractivity contribution < 1.29 is 0 Å². The number of nitrogens with one attached hydrogen (secondary N) is 3. The summed E-state index contributed by atoms with van der Waals surface area (Å²) >= 11 is 9.97. The Labute approximate surface area is 157 Å². The molecule has 0 amide bonds. The molecule has 0 aliphatic carbocycles. The van der Waals surface area contributed by atoms with Gasteiger partial charge in [-0.2, -0.15) is 10.2 Å². The first kappa shape index (κ1) is 18.5. The summed E-state index contributed by atoms with van der Waals surface area (Å²) in [5, 5.41) is 12.0. The van der Waals surface area contributed by atoms with E-state index in [9.17, 15) is 0 Å². The van der Waals surface area contributed by atoms with Gasteiger partial charge in [-0.05, 0) is 24.4 Å². The molecule has 0 radical (unpaired) electrons. The van der Waals surface area contributed by atoms with E-state index in [1.807, 2.05) is 60.7 Å². The standard InChI is InChI=1S/C17H18N6S2/c1-19-17(25)23-21-15(13-10-6-3-7-11-13)14(20-22-16(18)24)12-8-4-2-5-9-12/h2-11H,1H3,(H3,18,22,24)(H2,19,23,25)/b20-14+,21-15+. The fraction of sp³-hybridized carbons (Fsp3) is 0.0588. The van der Waals surface area contributed by atoms with Gasteiger partial charge in [-0.25, -0.2) is 0 Å². The summed E-state index contributed by atoms with van der Waals surface area (Å²) in [6.07, 6.45) is 0. The lowest BCUT2D eigenvalue weighted by Crippen LogP contribution is -2.32. The number of hydrazone groups is 2. The maximum Gasteiger partial charge on any atom is 0.186 e. The average Bonchev–Trinajstić information content (AvgIpc) is 2.65. The first-order chi connectivity index (χ1) is 12.1. The molecule has 0 fully saturated rings. The molecular formula is C17H18N6S2. The van der Waals surface area contributed by atoms with Crippen LogP contribution in [-0.2, 0) is 0 Å². The maximum absolute atomic E-state index is 5.53. The first-order valence-corrected chi connectivity index (χ1v) is 8.23. The molecule has 0 aliphatic rings. The van der Waals surface area contributed by atoms with Crippen LogP contribution in [0.3, 0.4) is 0 Å². The van der Waals surface area contributed by atoms with Crippen LogP contribution in [0.1, 0.15) is 11.1 Å². The summed E-state index contributed by atoms with van der Waals surface area (Å²) in [5.41, 5.74) is 13.8. The predicted molar refractivity (Wildman–Crippen MR) is 111 cm³/mol. The van der Waals surface area contributed by atoms with Crippen molar-refractivity contribution in [3.8, 4) is 0 Å². The maximum atomic E-state index is 5.53. The minimum absolute atomic E-state index is 0.0690. The molecular weight excluding hydrogens is 352 g/mol. The topological polar surface area (TPSA) is 86.8 Å². The zero-order valence-electron chi connectivity index (χ0n) is 13.6. The van der Waals surface area contributed by atoms with Gasteiger partial charge in [0.05, 0.1) is 0 Å². The van der Waals surface area contributed by atoms with Crippen molar-refractivity contribution in [1.82, 2.24) is 16.2 Å². The number of hydrogen-bond donors (Lipinski definition) is 4. The fourth-order valence-electron chi connectivity index (χ4n) is 1.97. The van der Waals surface area contributed by atoms with Crippen molar-refractivity contribution in [2.45, 2.75) is 0 Å². The van der Waals surface area contributed by atoms with Crippen LogP contribution in [0.15, 0.2) is 70.9 Å². The summed E-state index contributed by atoms with van der Waals surface area (Å²) in [7, 11) is 1.72. The molecule has 2 rings (SSSR count). The van der Waals surface area contributed by atoms with Crippen molar-refractivity contribution in [2.24, 2.45) is 15.9 Å². The van der Waals surface area contributed by atoms with Crippen LogP contribution >= 0.6 is 24.4 Å². The lowest BCUT2D eigenvalue weighted by Gasteiger charge is -2.12. The number of thiocarbonyl (C=S) groups is 2. The van der Waals surface area contributed by atoms with Crippen molar-refractivity contribution in [3.05, 3.63) is 71.8 Å². The third-order valence-electron chi connectivity index (χ3n) is 3.09. The van der Waals surface area contributed by atoms with Crippen molar-refractivity contribution in [3.63, 3.8) is 0 Å². The molecule has 0 aliphatic heterocycles. The minimum atomic E-state index is 0.0690. The molecule has 0 spiro atoms. The summed E-state index contributed by atoms with van der Waals surface area (Å²) in [4.78, 5) is 0. The average molecular weight is 371 g/mol. The zero-order valence-corrected chi connectivity index (χ0v) is 15.2. The monoisotopic (exact) mass is 370 g/mol. The van der Waals surface area contributed by atoms with Crippen molar-refractivity contribution in [1.29, 1.82) is 0 Å². The SMILES string of the molecule is CNC(=S)N/N=C(/C(=N/NC(N)=S)c1ccccc1)c1ccccc1. The quantitative estimate of drug-likeness (QED) is 0.364. The van der Waals surface area contributed by atoms with E-state index in [0.29, 0.717) is 16.5 Å². The Morgan fingerprint density at radius 3 is 1.64 bits per heavy atom. The highest BCUT2D eigenvalue weighted by Crippen LogP contribution is 2.10. The van der Waals surface area contributed by atoms with Gasteiger partial charge >= 0.3 is 0 Å². The molecule has 8 heteroatoms. The molecule has 0 atom stereocenters. The predicted octanol–water partition coefficient (Wildman–Crippen LogP) is 1.72. The van der Waals surface area contributed by atoms with Gasteiger partial charge < -0.3 is 11.1 Å². The second kappa shape index (κ2) is 9.45. The zero-order chi connectivity index (χ0) is 18.1. The van der Waals surface area contributed by atoms with E-state index in [2.05, 4.69) is 26.4 Å². The Morgan fingerprint density at radius 2 is 1.24 bits per heavy atom. The Bertz CT molecular complexity index is 787. The Hall–Kier alpha value is -2.84. The number of nitrogens with zero attached hydrogens (tertiary/aromatic N) is 2. The Kier molecular flexibility index (Phi) is 7.00. The third kappa shape index (κ3) is 5.63. The second-order valence-corrected chi connectivity index (χ2v) is 5.67. The van der Waals surface area contributed by atoms with Crippen molar-refractivity contribution >= 4 is 46.1 Å². The molecule has 128 valence electrons. The number of benzene rings is 2. The van der Waals surface area contributed by atoms with Gasteiger partial charge in [-0.15, -0.1) is 0 Å². The summed E-state index contributed by atoms with van der Waals surface area (Å²) < 4.78 is 0. The molecule has 0 unspecified atom stereocenters. The van der Waals surface area contributed by atoms with E-state index < -0.39 is 0 Å².